The molecule has 0 aliphatic carbocycles. The van der Waals surface area contributed by atoms with Crippen molar-refractivity contribution < 1.29 is 4.42 Å². The third-order valence-corrected chi connectivity index (χ3v) is 5.66. The summed E-state index contributed by atoms with van der Waals surface area (Å²) in [5.41, 5.74) is 2.61. The summed E-state index contributed by atoms with van der Waals surface area (Å²) in [5.74, 6) is 3.46. The van der Waals surface area contributed by atoms with Gasteiger partial charge in [0, 0.05) is 35.5 Å². The summed E-state index contributed by atoms with van der Waals surface area (Å²) < 4.78 is 6.10. The number of hydrogen-bond donors (Lipinski definition) is 2. The van der Waals surface area contributed by atoms with Crippen molar-refractivity contribution >= 4 is 23.4 Å². The number of rotatable bonds is 5. The molecule has 1 saturated heterocycles. The van der Waals surface area contributed by atoms with E-state index in [1.807, 2.05) is 49.1 Å². The Morgan fingerprint density at radius 3 is 2.80 bits per heavy atom. The number of benzene rings is 1. The number of aromatic nitrogens is 3. The molecule has 3 aromatic rings. The second-order valence-electron chi connectivity index (χ2n) is 6.02. The van der Waals surface area contributed by atoms with Crippen molar-refractivity contribution in [2.75, 3.05) is 12.3 Å². The fourth-order valence-corrected chi connectivity index (χ4v) is 4.09. The number of nitrogens with one attached hydrogen (secondary N) is 2. The summed E-state index contributed by atoms with van der Waals surface area (Å²) in [7, 11) is 0. The van der Waals surface area contributed by atoms with Crippen LogP contribution in [-0.4, -0.2) is 32.6 Å². The van der Waals surface area contributed by atoms with Gasteiger partial charge in [0.2, 0.25) is 5.89 Å². The van der Waals surface area contributed by atoms with Crippen LogP contribution in [0.3, 0.4) is 0 Å². The Balaban J connectivity index is 1.66. The van der Waals surface area contributed by atoms with Crippen molar-refractivity contribution in [3.05, 3.63) is 47.1 Å². The molecule has 2 N–H and O–H groups in total. The average Bonchev–Trinajstić information content (AvgIpc) is 3.34. The average molecular weight is 375 g/mol. The Bertz CT molecular complexity index is 852. The van der Waals surface area contributed by atoms with Crippen LogP contribution < -0.4 is 5.32 Å². The van der Waals surface area contributed by atoms with E-state index in [2.05, 4.69) is 15.3 Å². The molecule has 2 aromatic heterocycles. The topological polar surface area (TPSA) is 66.7 Å². The maximum absolute atomic E-state index is 6.10. The molecule has 0 spiro atoms. The van der Waals surface area contributed by atoms with Gasteiger partial charge in [-0.15, -0.1) is 11.8 Å². The van der Waals surface area contributed by atoms with E-state index in [-0.39, 0.29) is 0 Å². The molecular weight excluding hydrogens is 356 g/mol. The Morgan fingerprint density at radius 1 is 1.28 bits per heavy atom. The van der Waals surface area contributed by atoms with Crippen LogP contribution >= 0.6 is 23.4 Å². The maximum Gasteiger partial charge on any atom is 0.247 e. The molecule has 4 rings (SSSR count). The summed E-state index contributed by atoms with van der Waals surface area (Å²) in [6, 6.07) is 7.71. The molecule has 7 heteroatoms. The van der Waals surface area contributed by atoms with Crippen molar-refractivity contribution in [3.63, 3.8) is 0 Å². The summed E-state index contributed by atoms with van der Waals surface area (Å²) in [4.78, 5) is 12.2. The van der Waals surface area contributed by atoms with Gasteiger partial charge in [0.25, 0.3) is 0 Å². The van der Waals surface area contributed by atoms with Crippen molar-refractivity contribution in [3.8, 4) is 22.8 Å². The van der Waals surface area contributed by atoms with Gasteiger partial charge in [-0.05, 0) is 25.5 Å². The number of hydrogen-bond acceptors (Lipinski definition) is 5. The minimum atomic E-state index is 0.485. The minimum absolute atomic E-state index is 0.485. The number of imidazole rings is 1. The predicted octanol–water partition coefficient (Wildman–Crippen LogP) is 4.29. The standard InChI is InChI=1S/C18H19ClN4OS/c1-11-21-10-14(22-11)18-23-17(12-2-4-13(19)5-3-12)15(24-18)6-7-16-20-8-9-25-16/h2-5,10,16,20H,6-9H2,1H3,(H,21,22). The van der Waals surface area contributed by atoms with E-state index in [4.69, 9.17) is 21.0 Å². The van der Waals surface area contributed by atoms with Crippen LogP contribution in [0, 0.1) is 6.92 Å². The first-order valence-electron chi connectivity index (χ1n) is 8.32. The molecule has 0 amide bonds. The first kappa shape index (κ1) is 16.7. The normalized spacial score (nSPS) is 17.3. The maximum atomic E-state index is 6.10. The summed E-state index contributed by atoms with van der Waals surface area (Å²) in [6.07, 6.45) is 3.67. The number of nitrogens with zero attached hydrogens (tertiary/aromatic N) is 2. The lowest BCUT2D eigenvalue weighted by Gasteiger charge is -2.08. The van der Waals surface area contributed by atoms with Gasteiger partial charge >= 0.3 is 0 Å². The van der Waals surface area contributed by atoms with Gasteiger partial charge in [-0.25, -0.2) is 9.97 Å². The number of aromatic amines is 1. The molecule has 1 aliphatic rings. The molecule has 0 bridgehead atoms. The molecule has 1 atom stereocenters. The molecule has 5 nitrogen and oxygen atoms in total. The second-order valence-corrected chi connectivity index (χ2v) is 7.77. The number of oxazole rings is 1. The van der Waals surface area contributed by atoms with Crippen molar-refractivity contribution in [2.45, 2.75) is 25.1 Å². The molecule has 25 heavy (non-hydrogen) atoms. The highest BCUT2D eigenvalue weighted by atomic mass is 35.5. The van der Waals surface area contributed by atoms with Gasteiger partial charge in [0.1, 0.15) is 23.0 Å². The van der Waals surface area contributed by atoms with E-state index in [9.17, 15) is 0 Å². The van der Waals surface area contributed by atoms with E-state index >= 15 is 0 Å². The lowest BCUT2D eigenvalue weighted by Crippen LogP contribution is -2.19. The minimum Gasteiger partial charge on any atom is -0.439 e. The summed E-state index contributed by atoms with van der Waals surface area (Å²) >= 11 is 7.98. The Hall–Kier alpha value is -1.76. The van der Waals surface area contributed by atoms with Gasteiger partial charge in [0.15, 0.2) is 0 Å². The van der Waals surface area contributed by atoms with Crippen molar-refractivity contribution in [1.82, 2.24) is 20.3 Å². The molecular formula is C18H19ClN4OS. The van der Waals surface area contributed by atoms with Crippen LogP contribution in [0.25, 0.3) is 22.8 Å². The number of halogens is 1. The van der Waals surface area contributed by atoms with Gasteiger partial charge in [-0.2, -0.15) is 0 Å². The SMILES string of the molecule is Cc1nc(-c2nc(-c3ccc(Cl)cc3)c(CCC3NCCS3)o2)c[nH]1. The second kappa shape index (κ2) is 7.23. The van der Waals surface area contributed by atoms with E-state index in [0.29, 0.717) is 16.3 Å². The molecule has 3 heterocycles. The highest BCUT2D eigenvalue weighted by Gasteiger charge is 2.21. The molecule has 1 aromatic carbocycles. The van der Waals surface area contributed by atoms with Crippen LogP contribution in [0.4, 0.5) is 0 Å². The van der Waals surface area contributed by atoms with E-state index in [1.165, 1.54) is 5.75 Å². The first-order chi connectivity index (χ1) is 12.2. The predicted molar refractivity (Wildman–Crippen MR) is 102 cm³/mol. The smallest absolute Gasteiger partial charge is 0.247 e. The fraction of sp³-hybridized carbons (Fsp3) is 0.333. The Morgan fingerprint density at radius 2 is 2.12 bits per heavy atom. The Kier molecular flexibility index (Phi) is 4.83. The van der Waals surface area contributed by atoms with Crippen LogP contribution in [0.2, 0.25) is 5.02 Å². The molecule has 0 saturated carbocycles. The number of thioether (sulfide) groups is 1. The van der Waals surface area contributed by atoms with Crippen molar-refractivity contribution in [1.29, 1.82) is 0 Å². The van der Waals surface area contributed by atoms with Gasteiger partial charge < -0.3 is 14.7 Å². The van der Waals surface area contributed by atoms with E-state index in [1.54, 1.807) is 0 Å². The third-order valence-electron chi connectivity index (χ3n) is 4.17. The monoisotopic (exact) mass is 374 g/mol. The van der Waals surface area contributed by atoms with Crippen LogP contribution in [-0.2, 0) is 6.42 Å². The number of aryl methyl sites for hydroxylation is 2. The van der Waals surface area contributed by atoms with Gasteiger partial charge in [-0.1, -0.05) is 23.7 Å². The largest absolute Gasteiger partial charge is 0.439 e. The van der Waals surface area contributed by atoms with Crippen molar-refractivity contribution in [2.24, 2.45) is 0 Å². The zero-order valence-electron chi connectivity index (χ0n) is 13.9. The zero-order chi connectivity index (χ0) is 17.2. The first-order valence-corrected chi connectivity index (χ1v) is 9.75. The number of H-pyrrole nitrogens is 1. The zero-order valence-corrected chi connectivity index (χ0v) is 15.5. The third kappa shape index (κ3) is 3.76. The van der Waals surface area contributed by atoms with Gasteiger partial charge in [0.05, 0.1) is 5.37 Å². The van der Waals surface area contributed by atoms with E-state index in [0.717, 1.165) is 47.9 Å². The highest BCUT2D eigenvalue weighted by Crippen LogP contribution is 2.31. The lowest BCUT2D eigenvalue weighted by atomic mass is 10.1. The molecule has 1 unspecified atom stereocenters. The lowest BCUT2D eigenvalue weighted by molar-refractivity contribution is 0.501. The molecule has 130 valence electrons. The van der Waals surface area contributed by atoms with E-state index < -0.39 is 0 Å². The Labute approximate surface area is 155 Å². The molecule has 0 radical (unpaired) electrons. The van der Waals surface area contributed by atoms with Crippen LogP contribution in [0.5, 0.6) is 0 Å². The van der Waals surface area contributed by atoms with Crippen LogP contribution in [0.15, 0.2) is 34.9 Å². The summed E-state index contributed by atoms with van der Waals surface area (Å²) in [5, 5.41) is 4.70. The highest BCUT2D eigenvalue weighted by molar-refractivity contribution is 8.00. The summed E-state index contributed by atoms with van der Waals surface area (Å²) in [6.45, 7) is 2.99. The molecule has 1 fully saturated rings. The fourth-order valence-electron chi connectivity index (χ4n) is 2.92. The van der Waals surface area contributed by atoms with Gasteiger partial charge in [-0.3, -0.25) is 0 Å². The van der Waals surface area contributed by atoms with Crippen LogP contribution in [0.1, 0.15) is 18.0 Å². The quantitative estimate of drug-likeness (QED) is 0.697. The molecule has 1 aliphatic heterocycles.